The molecule has 0 aromatic heterocycles. The second-order valence-corrected chi connectivity index (χ2v) is 6.24. The Kier molecular flexibility index (Phi) is 9.02. The highest BCUT2D eigenvalue weighted by Gasteiger charge is 2.08. The number of carbonyl (C=O) groups is 1. The first kappa shape index (κ1) is 18.9. The van der Waals surface area contributed by atoms with Crippen LogP contribution in [-0.4, -0.2) is 43.5 Å². The van der Waals surface area contributed by atoms with Crippen molar-refractivity contribution in [3.05, 3.63) is 35.4 Å². The highest BCUT2D eigenvalue weighted by Crippen LogP contribution is 2.07. The first-order valence-corrected chi connectivity index (χ1v) is 8.41. The number of Topliss-reactive ketones (excluding diaryl/α,β-unsaturated/α-hetero) is 1. The molecule has 0 unspecified atom stereocenters. The Morgan fingerprint density at radius 2 is 1.77 bits per heavy atom. The van der Waals surface area contributed by atoms with Gasteiger partial charge in [-0.3, -0.25) is 9.69 Å². The van der Waals surface area contributed by atoms with Crippen LogP contribution in [0, 0.1) is 12.8 Å². The molecule has 22 heavy (non-hydrogen) atoms. The Morgan fingerprint density at radius 1 is 1.18 bits per heavy atom. The van der Waals surface area contributed by atoms with E-state index in [2.05, 4.69) is 11.8 Å². The van der Waals surface area contributed by atoms with Crippen LogP contribution in [0.2, 0.25) is 0 Å². The van der Waals surface area contributed by atoms with Crippen LogP contribution in [-0.2, 0) is 16.0 Å². The van der Waals surface area contributed by atoms with Crippen molar-refractivity contribution in [2.45, 2.75) is 40.5 Å². The molecular formula is C19H31NO2. The number of ketones is 1. The van der Waals surface area contributed by atoms with E-state index in [0.717, 1.165) is 31.9 Å². The maximum atomic E-state index is 11.4. The molecular weight excluding hydrogens is 274 g/mol. The van der Waals surface area contributed by atoms with Crippen molar-refractivity contribution < 1.29 is 9.53 Å². The minimum absolute atomic E-state index is 0.140. The van der Waals surface area contributed by atoms with Crippen LogP contribution >= 0.6 is 0 Å². The molecule has 1 saturated heterocycles. The minimum Gasteiger partial charge on any atom is -0.379 e. The van der Waals surface area contributed by atoms with Crippen LogP contribution in [0.1, 0.15) is 38.3 Å². The zero-order chi connectivity index (χ0) is 16.4. The molecule has 0 atom stereocenters. The molecule has 3 nitrogen and oxygen atoms in total. The highest BCUT2D eigenvalue weighted by atomic mass is 16.5. The van der Waals surface area contributed by atoms with Crippen LogP contribution in [0.25, 0.3) is 0 Å². The van der Waals surface area contributed by atoms with Crippen LogP contribution in [0.4, 0.5) is 0 Å². The quantitative estimate of drug-likeness (QED) is 0.834. The summed E-state index contributed by atoms with van der Waals surface area (Å²) in [6.45, 7) is 13.5. The molecule has 0 amide bonds. The van der Waals surface area contributed by atoms with E-state index in [0.29, 0.717) is 12.2 Å². The molecule has 1 heterocycles. The van der Waals surface area contributed by atoms with Gasteiger partial charge in [0.15, 0.2) is 0 Å². The van der Waals surface area contributed by atoms with Crippen molar-refractivity contribution in [1.29, 1.82) is 0 Å². The van der Waals surface area contributed by atoms with Gasteiger partial charge in [0.2, 0.25) is 0 Å². The summed E-state index contributed by atoms with van der Waals surface area (Å²) in [5.74, 6) is 0.449. The van der Waals surface area contributed by atoms with Crippen LogP contribution in [0.3, 0.4) is 0 Å². The molecule has 1 fully saturated rings. The van der Waals surface area contributed by atoms with Crippen molar-refractivity contribution in [1.82, 2.24) is 4.90 Å². The maximum absolute atomic E-state index is 11.4. The number of aryl methyl sites for hydroxylation is 1. The number of carbonyl (C=O) groups excluding carboxylic acids is 1. The van der Waals surface area contributed by atoms with Gasteiger partial charge in [-0.25, -0.2) is 0 Å². The molecule has 1 aliphatic heterocycles. The number of rotatable bonds is 5. The van der Waals surface area contributed by atoms with Crippen LogP contribution in [0.15, 0.2) is 24.3 Å². The Morgan fingerprint density at radius 3 is 2.27 bits per heavy atom. The molecule has 0 aliphatic carbocycles. The molecule has 0 saturated carbocycles. The first-order chi connectivity index (χ1) is 10.5. The van der Waals surface area contributed by atoms with E-state index in [4.69, 9.17) is 4.74 Å². The van der Waals surface area contributed by atoms with Gasteiger partial charge in [-0.2, -0.15) is 0 Å². The minimum atomic E-state index is 0.140. The lowest BCUT2D eigenvalue weighted by atomic mass is 10.0. The summed E-state index contributed by atoms with van der Waals surface area (Å²) in [5, 5.41) is 0. The number of hydrogen-bond acceptors (Lipinski definition) is 3. The van der Waals surface area contributed by atoms with Gasteiger partial charge in [-0.05, 0) is 25.5 Å². The molecule has 124 valence electrons. The van der Waals surface area contributed by atoms with Crippen molar-refractivity contribution in [3.63, 3.8) is 0 Å². The second-order valence-electron chi connectivity index (χ2n) is 6.24. The average molecular weight is 305 g/mol. The molecule has 0 bridgehead atoms. The fraction of sp³-hybridized carbons (Fsp3) is 0.632. The second kappa shape index (κ2) is 10.5. The molecule has 0 radical (unpaired) electrons. The van der Waals surface area contributed by atoms with E-state index in [1.54, 1.807) is 0 Å². The third-order valence-electron chi connectivity index (χ3n) is 3.79. The predicted molar refractivity (Wildman–Crippen MR) is 92.3 cm³/mol. The normalized spacial score (nSPS) is 15.3. The van der Waals surface area contributed by atoms with Gasteiger partial charge in [0.1, 0.15) is 5.78 Å². The van der Waals surface area contributed by atoms with Gasteiger partial charge in [0.25, 0.3) is 0 Å². The van der Waals surface area contributed by atoms with Crippen molar-refractivity contribution in [2.75, 3.05) is 32.8 Å². The van der Waals surface area contributed by atoms with Gasteiger partial charge in [-0.1, -0.05) is 50.6 Å². The summed E-state index contributed by atoms with van der Waals surface area (Å²) in [4.78, 5) is 13.8. The summed E-state index contributed by atoms with van der Waals surface area (Å²) >= 11 is 0. The zero-order valence-corrected chi connectivity index (χ0v) is 14.6. The van der Waals surface area contributed by atoms with Gasteiger partial charge in [0, 0.05) is 25.4 Å². The summed E-state index contributed by atoms with van der Waals surface area (Å²) in [5.41, 5.74) is 2.35. The topological polar surface area (TPSA) is 29.5 Å². The number of hydrogen-bond donors (Lipinski definition) is 0. The summed E-state index contributed by atoms with van der Waals surface area (Å²) in [6.07, 6.45) is 1.83. The first-order valence-electron chi connectivity index (χ1n) is 8.41. The molecule has 1 aromatic rings. The van der Waals surface area contributed by atoms with Crippen molar-refractivity contribution >= 4 is 5.78 Å². The number of morpholine rings is 1. The average Bonchev–Trinajstić information content (AvgIpc) is 2.51. The van der Waals surface area contributed by atoms with Crippen LogP contribution in [0.5, 0.6) is 0 Å². The lowest BCUT2D eigenvalue weighted by Gasteiger charge is -2.25. The summed E-state index contributed by atoms with van der Waals surface area (Å²) in [7, 11) is 0. The molecule has 1 aliphatic rings. The summed E-state index contributed by atoms with van der Waals surface area (Å²) < 4.78 is 5.20. The lowest BCUT2D eigenvalue weighted by Crippen LogP contribution is -2.36. The largest absolute Gasteiger partial charge is 0.379 e. The van der Waals surface area contributed by atoms with E-state index < -0.39 is 0 Å². The van der Waals surface area contributed by atoms with Crippen LogP contribution < -0.4 is 0 Å². The number of ether oxygens (including phenoxy) is 1. The Labute approximate surface area is 135 Å². The van der Waals surface area contributed by atoms with Gasteiger partial charge < -0.3 is 4.74 Å². The van der Waals surface area contributed by atoms with E-state index in [1.165, 1.54) is 18.5 Å². The van der Waals surface area contributed by atoms with Gasteiger partial charge in [-0.15, -0.1) is 0 Å². The highest BCUT2D eigenvalue weighted by molar-refractivity contribution is 5.82. The SMILES string of the molecule is CCCN1CCOCC1.Cc1ccc(CC(=O)C(C)C)cc1. The number of nitrogens with zero attached hydrogens (tertiary/aromatic N) is 1. The Balaban J connectivity index is 0.000000235. The van der Waals surface area contributed by atoms with Crippen molar-refractivity contribution in [3.8, 4) is 0 Å². The van der Waals surface area contributed by atoms with Gasteiger partial charge in [0.05, 0.1) is 13.2 Å². The fourth-order valence-electron chi connectivity index (χ4n) is 2.25. The van der Waals surface area contributed by atoms with E-state index in [-0.39, 0.29) is 5.92 Å². The van der Waals surface area contributed by atoms with E-state index in [9.17, 15) is 4.79 Å². The monoisotopic (exact) mass is 305 g/mol. The third-order valence-corrected chi connectivity index (χ3v) is 3.79. The van der Waals surface area contributed by atoms with Crippen molar-refractivity contribution in [2.24, 2.45) is 5.92 Å². The molecule has 2 rings (SSSR count). The third kappa shape index (κ3) is 7.71. The Hall–Kier alpha value is -1.19. The van der Waals surface area contributed by atoms with E-state index >= 15 is 0 Å². The zero-order valence-electron chi connectivity index (χ0n) is 14.6. The Bertz CT molecular complexity index is 417. The fourth-order valence-corrected chi connectivity index (χ4v) is 2.25. The standard InChI is InChI=1S/C12H16O.C7H15NO/c1-9(2)12(13)8-11-6-4-10(3)5-7-11;1-2-3-8-4-6-9-7-5-8/h4-7,9H,8H2,1-3H3;2-7H2,1H3. The molecule has 0 spiro atoms. The molecule has 1 aromatic carbocycles. The maximum Gasteiger partial charge on any atom is 0.139 e. The summed E-state index contributed by atoms with van der Waals surface area (Å²) in [6, 6.07) is 8.14. The predicted octanol–water partition coefficient (Wildman–Crippen LogP) is 3.49. The van der Waals surface area contributed by atoms with Gasteiger partial charge >= 0.3 is 0 Å². The lowest BCUT2D eigenvalue weighted by molar-refractivity contribution is -0.121. The smallest absolute Gasteiger partial charge is 0.139 e. The molecule has 3 heteroatoms. The van der Waals surface area contributed by atoms with E-state index in [1.807, 2.05) is 45.0 Å². The molecule has 0 N–H and O–H groups in total. The number of benzene rings is 1.